The van der Waals surface area contributed by atoms with Crippen LogP contribution in [0, 0.1) is 0 Å². The molecular weight excluding hydrogens is 234 g/mol. The van der Waals surface area contributed by atoms with Crippen molar-refractivity contribution in [2.45, 2.75) is 19.5 Å². The maximum absolute atomic E-state index is 11.6. The van der Waals surface area contributed by atoms with Crippen molar-refractivity contribution in [3.63, 3.8) is 0 Å². The van der Waals surface area contributed by atoms with Crippen LogP contribution < -0.4 is 11.1 Å². The fraction of sp³-hybridized carbons (Fsp3) is 0.500. The monoisotopic (exact) mass is 251 g/mol. The molecule has 2 aromatic heterocycles. The van der Waals surface area contributed by atoms with Crippen molar-refractivity contribution in [2.75, 3.05) is 20.3 Å². The first-order chi connectivity index (χ1) is 8.72. The highest BCUT2D eigenvalue weighted by Gasteiger charge is 2.09. The Bertz CT molecular complexity index is 561. The molecule has 0 aromatic carbocycles. The van der Waals surface area contributed by atoms with E-state index in [1.807, 2.05) is 6.92 Å². The molecule has 0 saturated heterocycles. The van der Waals surface area contributed by atoms with E-state index in [4.69, 9.17) is 9.15 Å². The second-order valence-corrected chi connectivity index (χ2v) is 4.16. The molecule has 2 aromatic rings. The first-order valence-corrected chi connectivity index (χ1v) is 5.89. The Morgan fingerprint density at radius 1 is 1.61 bits per heavy atom. The van der Waals surface area contributed by atoms with E-state index in [-0.39, 0.29) is 11.8 Å². The molecule has 0 spiro atoms. The van der Waals surface area contributed by atoms with Gasteiger partial charge >= 0.3 is 5.76 Å². The summed E-state index contributed by atoms with van der Waals surface area (Å²) in [4.78, 5) is 15.8. The minimum absolute atomic E-state index is 0.247. The second-order valence-electron chi connectivity index (χ2n) is 4.16. The average molecular weight is 251 g/mol. The summed E-state index contributed by atoms with van der Waals surface area (Å²) in [5, 5.41) is 3.26. The SMILES string of the molecule is COCC(C)NCCn1c(=O)oc2cccnc21. The summed E-state index contributed by atoms with van der Waals surface area (Å²) in [5.74, 6) is -0.370. The van der Waals surface area contributed by atoms with Gasteiger partial charge in [0.1, 0.15) is 0 Å². The molecule has 1 unspecified atom stereocenters. The molecule has 6 nitrogen and oxygen atoms in total. The lowest BCUT2D eigenvalue weighted by atomic mass is 10.3. The summed E-state index contributed by atoms with van der Waals surface area (Å²) in [5.41, 5.74) is 1.11. The molecule has 98 valence electrons. The molecule has 6 heteroatoms. The van der Waals surface area contributed by atoms with Crippen LogP contribution in [0.1, 0.15) is 6.92 Å². The number of oxazole rings is 1. The van der Waals surface area contributed by atoms with Crippen LogP contribution in [-0.4, -0.2) is 35.9 Å². The van der Waals surface area contributed by atoms with Gasteiger partial charge in [0.05, 0.1) is 6.61 Å². The second kappa shape index (κ2) is 5.79. The van der Waals surface area contributed by atoms with Gasteiger partial charge in [-0.15, -0.1) is 0 Å². The number of ether oxygens (including phenoxy) is 1. The Hall–Kier alpha value is -1.66. The maximum Gasteiger partial charge on any atom is 0.421 e. The van der Waals surface area contributed by atoms with E-state index in [0.717, 1.165) is 0 Å². The van der Waals surface area contributed by atoms with Crippen LogP contribution in [0.2, 0.25) is 0 Å². The molecule has 0 amide bonds. The molecule has 2 rings (SSSR count). The van der Waals surface area contributed by atoms with Gasteiger partial charge in [0.2, 0.25) is 0 Å². The molecular formula is C12H17N3O3. The van der Waals surface area contributed by atoms with Crippen molar-refractivity contribution in [3.05, 3.63) is 28.9 Å². The standard InChI is InChI=1S/C12H17N3O3/c1-9(8-17-2)13-6-7-15-11-10(18-12(15)16)4-3-5-14-11/h3-5,9,13H,6-8H2,1-2H3. The fourth-order valence-electron chi connectivity index (χ4n) is 1.83. The summed E-state index contributed by atoms with van der Waals surface area (Å²) >= 11 is 0. The molecule has 18 heavy (non-hydrogen) atoms. The zero-order valence-electron chi connectivity index (χ0n) is 10.5. The Balaban J connectivity index is 2.03. The molecule has 0 radical (unpaired) electrons. The molecule has 0 aliphatic carbocycles. The van der Waals surface area contributed by atoms with Gasteiger partial charge in [-0.2, -0.15) is 0 Å². The zero-order valence-corrected chi connectivity index (χ0v) is 10.5. The predicted octanol–water partition coefficient (Wildman–Crippen LogP) is 0.614. The molecule has 0 saturated carbocycles. The lowest BCUT2D eigenvalue weighted by Gasteiger charge is -2.12. The first kappa shape index (κ1) is 12.8. The molecule has 1 N–H and O–H groups in total. The highest BCUT2D eigenvalue weighted by atomic mass is 16.5. The number of hydrogen-bond donors (Lipinski definition) is 1. The van der Waals surface area contributed by atoms with E-state index >= 15 is 0 Å². The summed E-state index contributed by atoms with van der Waals surface area (Å²) in [7, 11) is 1.66. The van der Waals surface area contributed by atoms with Gasteiger partial charge < -0.3 is 14.5 Å². The minimum atomic E-state index is -0.370. The number of fused-ring (bicyclic) bond motifs is 1. The summed E-state index contributed by atoms with van der Waals surface area (Å²) in [6, 6.07) is 3.73. The van der Waals surface area contributed by atoms with E-state index in [2.05, 4.69) is 10.3 Å². The van der Waals surface area contributed by atoms with Crippen molar-refractivity contribution in [1.82, 2.24) is 14.9 Å². The van der Waals surface area contributed by atoms with Gasteiger partial charge in [0.25, 0.3) is 0 Å². The number of hydrogen-bond acceptors (Lipinski definition) is 5. The lowest BCUT2D eigenvalue weighted by Crippen LogP contribution is -2.34. The van der Waals surface area contributed by atoms with Crippen molar-refractivity contribution >= 4 is 11.2 Å². The number of pyridine rings is 1. The fourth-order valence-corrected chi connectivity index (χ4v) is 1.83. The third-order valence-corrected chi connectivity index (χ3v) is 2.67. The van der Waals surface area contributed by atoms with E-state index in [0.29, 0.717) is 30.9 Å². The number of nitrogens with one attached hydrogen (secondary N) is 1. The highest BCUT2D eigenvalue weighted by Crippen LogP contribution is 2.07. The molecule has 1 atom stereocenters. The zero-order chi connectivity index (χ0) is 13.0. The lowest BCUT2D eigenvalue weighted by molar-refractivity contribution is 0.172. The van der Waals surface area contributed by atoms with Crippen LogP contribution in [0.4, 0.5) is 0 Å². The van der Waals surface area contributed by atoms with Gasteiger partial charge in [-0.25, -0.2) is 9.78 Å². The number of methoxy groups -OCH3 is 1. The van der Waals surface area contributed by atoms with E-state index in [1.54, 1.807) is 25.4 Å². The van der Waals surface area contributed by atoms with Crippen LogP contribution in [-0.2, 0) is 11.3 Å². The Morgan fingerprint density at radius 3 is 3.22 bits per heavy atom. The number of rotatable bonds is 6. The summed E-state index contributed by atoms with van der Waals surface area (Å²) < 4.78 is 11.6. The van der Waals surface area contributed by atoms with Gasteiger partial charge in [-0.3, -0.25) is 4.57 Å². The van der Waals surface area contributed by atoms with Crippen LogP contribution >= 0.6 is 0 Å². The van der Waals surface area contributed by atoms with Crippen LogP contribution in [0.5, 0.6) is 0 Å². The normalized spacial score (nSPS) is 13.0. The van der Waals surface area contributed by atoms with Gasteiger partial charge in [0.15, 0.2) is 11.2 Å². The van der Waals surface area contributed by atoms with E-state index < -0.39 is 0 Å². The molecule has 0 aliphatic heterocycles. The third-order valence-electron chi connectivity index (χ3n) is 2.67. The van der Waals surface area contributed by atoms with Crippen LogP contribution in [0.25, 0.3) is 11.2 Å². The Kier molecular flexibility index (Phi) is 4.11. The molecule has 0 fully saturated rings. The Morgan fingerprint density at radius 2 is 2.44 bits per heavy atom. The van der Waals surface area contributed by atoms with Crippen LogP contribution in [0.3, 0.4) is 0 Å². The molecule has 0 bridgehead atoms. The summed E-state index contributed by atoms with van der Waals surface area (Å²) in [6.45, 7) is 3.85. The van der Waals surface area contributed by atoms with Gasteiger partial charge in [-0.1, -0.05) is 0 Å². The van der Waals surface area contributed by atoms with Crippen LogP contribution in [0.15, 0.2) is 27.5 Å². The Labute approximate surface area is 105 Å². The van der Waals surface area contributed by atoms with Crippen molar-refractivity contribution < 1.29 is 9.15 Å². The van der Waals surface area contributed by atoms with E-state index in [1.165, 1.54) is 4.57 Å². The number of aromatic nitrogens is 2. The first-order valence-electron chi connectivity index (χ1n) is 5.89. The third kappa shape index (κ3) is 2.77. The van der Waals surface area contributed by atoms with Crippen molar-refractivity contribution in [2.24, 2.45) is 0 Å². The maximum atomic E-state index is 11.6. The smallest absolute Gasteiger partial charge is 0.406 e. The largest absolute Gasteiger partial charge is 0.421 e. The van der Waals surface area contributed by atoms with Gasteiger partial charge in [0, 0.05) is 32.4 Å². The predicted molar refractivity (Wildman–Crippen MR) is 67.6 cm³/mol. The van der Waals surface area contributed by atoms with Crippen molar-refractivity contribution in [1.29, 1.82) is 0 Å². The molecule has 2 heterocycles. The number of nitrogens with zero attached hydrogens (tertiary/aromatic N) is 2. The minimum Gasteiger partial charge on any atom is -0.406 e. The van der Waals surface area contributed by atoms with E-state index in [9.17, 15) is 4.79 Å². The summed E-state index contributed by atoms with van der Waals surface area (Å²) in [6.07, 6.45) is 1.65. The highest BCUT2D eigenvalue weighted by molar-refractivity contribution is 5.67. The molecule has 0 aliphatic rings. The topological polar surface area (TPSA) is 69.3 Å². The quantitative estimate of drug-likeness (QED) is 0.814. The van der Waals surface area contributed by atoms with Gasteiger partial charge in [-0.05, 0) is 19.1 Å². The van der Waals surface area contributed by atoms with Crippen molar-refractivity contribution in [3.8, 4) is 0 Å². The average Bonchev–Trinajstić information content (AvgIpc) is 2.66.